The third kappa shape index (κ3) is 5.30. The SMILES string of the molecule is CC(C)(O)C(C)(C)OBc1ccc(CC2CN(CCCF)C2)cc1. The minimum Gasteiger partial charge on any atom is -0.427 e. The summed E-state index contributed by atoms with van der Waals surface area (Å²) in [6.07, 6.45) is 1.74. The van der Waals surface area contributed by atoms with Crippen LogP contribution in [0.25, 0.3) is 0 Å². The third-order valence-corrected chi connectivity index (χ3v) is 5.26. The van der Waals surface area contributed by atoms with Crippen LogP contribution in [-0.4, -0.2) is 55.0 Å². The molecule has 0 atom stereocenters. The topological polar surface area (TPSA) is 32.7 Å². The normalized spacial score (nSPS) is 16.9. The summed E-state index contributed by atoms with van der Waals surface area (Å²) in [4.78, 5) is 2.32. The van der Waals surface area contributed by atoms with Crippen LogP contribution in [0, 0.1) is 5.92 Å². The van der Waals surface area contributed by atoms with E-state index in [2.05, 4.69) is 29.2 Å². The molecule has 0 unspecified atom stereocenters. The lowest BCUT2D eigenvalue weighted by atomic mass is 9.82. The van der Waals surface area contributed by atoms with E-state index in [4.69, 9.17) is 4.65 Å². The van der Waals surface area contributed by atoms with Gasteiger partial charge in [-0.15, -0.1) is 0 Å². The Morgan fingerprint density at radius 1 is 1.21 bits per heavy atom. The van der Waals surface area contributed by atoms with Crippen molar-refractivity contribution in [2.24, 2.45) is 5.92 Å². The van der Waals surface area contributed by atoms with Crippen LogP contribution in [0.5, 0.6) is 0 Å². The highest BCUT2D eigenvalue weighted by atomic mass is 19.1. The first-order valence-electron chi connectivity index (χ1n) is 8.94. The number of alkyl halides is 1. The molecule has 0 amide bonds. The van der Waals surface area contributed by atoms with Gasteiger partial charge in [0.1, 0.15) is 0 Å². The second-order valence-electron chi connectivity index (χ2n) is 8.05. The molecule has 1 aromatic rings. The quantitative estimate of drug-likeness (QED) is 0.702. The van der Waals surface area contributed by atoms with Gasteiger partial charge >= 0.3 is 7.48 Å². The number of nitrogens with zero attached hydrogens (tertiary/aromatic N) is 1. The molecule has 0 radical (unpaired) electrons. The lowest BCUT2D eigenvalue weighted by Gasteiger charge is -2.39. The second kappa shape index (κ2) is 7.98. The van der Waals surface area contributed by atoms with Crippen molar-refractivity contribution in [1.82, 2.24) is 4.90 Å². The molecule has 134 valence electrons. The first-order chi connectivity index (χ1) is 11.2. The average molecular weight is 335 g/mol. The number of rotatable bonds is 9. The summed E-state index contributed by atoms with van der Waals surface area (Å²) in [6.45, 7) is 10.2. The van der Waals surface area contributed by atoms with E-state index < -0.39 is 11.2 Å². The summed E-state index contributed by atoms with van der Waals surface area (Å²) < 4.78 is 18.0. The molecule has 3 nitrogen and oxygen atoms in total. The molecular formula is C19H31BFNO2. The summed E-state index contributed by atoms with van der Waals surface area (Å²) >= 11 is 0. The van der Waals surface area contributed by atoms with Crippen LogP contribution in [-0.2, 0) is 11.1 Å². The van der Waals surface area contributed by atoms with Crippen molar-refractivity contribution in [1.29, 1.82) is 0 Å². The summed E-state index contributed by atoms with van der Waals surface area (Å²) in [5, 5.41) is 10.1. The van der Waals surface area contributed by atoms with Gasteiger partial charge in [0.05, 0.1) is 17.9 Å². The van der Waals surface area contributed by atoms with Gasteiger partial charge < -0.3 is 14.7 Å². The molecule has 0 saturated carbocycles. The van der Waals surface area contributed by atoms with Crippen LogP contribution >= 0.6 is 0 Å². The van der Waals surface area contributed by atoms with Crippen LogP contribution in [0.15, 0.2) is 24.3 Å². The second-order valence-corrected chi connectivity index (χ2v) is 8.05. The van der Waals surface area contributed by atoms with E-state index in [1.165, 1.54) is 5.56 Å². The van der Waals surface area contributed by atoms with E-state index in [9.17, 15) is 9.50 Å². The van der Waals surface area contributed by atoms with Crippen molar-refractivity contribution in [2.75, 3.05) is 26.3 Å². The fourth-order valence-corrected chi connectivity index (χ4v) is 2.82. The minimum absolute atomic E-state index is 0.213. The van der Waals surface area contributed by atoms with E-state index >= 15 is 0 Å². The highest BCUT2D eigenvalue weighted by Gasteiger charge is 2.35. The molecule has 1 heterocycles. The fourth-order valence-electron chi connectivity index (χ4n) is 2.82. The van der Waals surface area contributed by atoms with Crippen LogP contribution in [0.4, 0.5) is 4.39 Å². The van der Waals surface area contributed by atoms with Crippen molar-refractivity contribution >= 4 is 12.9 Å². The van der Waals surface area contributed by atoms with E-state index in [-0.39, 0.29) is 6.67 Å². The first kappa shape index (κ1) is 19.4. The molecule has 1 aliphatic rings. The zero-order valence-electron chi connectivity index (χ0n) is 15.5. The number of hydrogen-bond acceptors (Lipinski definition) is 3. The molecule has 1 N–H and O–H groups in total. The van der Waals surface area contributed by atoms with Crippen molar-refractivity contribution in [3.63, 3.8) is 0 Å². The first-order valence-corrected chi connectivity index (χ1v) is 8.94. The summed E-state index contributed by atoms with van der Waals surface area (Å²) in [7, 11) is 0.498. The van der Waals surface area contributed by atoms with E-state index in [1.54, 1.807) is 13.8 Å². The van der Waals surface area contributed by atoms with Crippen molar-refractivity contribution < 1.29 is 14.2 Å². The summed E-state index contributed by atoms with van der Waals surface area (Å²) in [5.41, 5.74) is 0.983. The molecule has 1 fully saturated rings. The molecule has 0 aliphatic carbocycles. The van der Waals surface area contributed by atoms with Gasteiger partial charge in [0, 0.05) is 19.6 Å². The van der Waals surface area contributed by atoms with Crippen LogP contribution in [0.3, 0.4) is 0 Å². The van der Waals surface area contributed by atoms with Gasteiger partial charge in [-0.1, -0.05) is 29.7 Å². The zero-order chi connectivity index (χ0) is 17.8. The molecule has 0 bridgehead atoms. The lowest BCUT2D eigenvalue weighted by molar-refractivity contribution is -0.0893. The van der Waals surface area contributed by atoms with Gasteiger partial charge in [-0.2, -0.15) is 0 Å². The van der Waals surface area contributed by atoms with Gasteiger partial charge in [-0.05, 0) is 52.0 Å². The predicted molar refractivity (Wildman–Crippen MR) is 98.9 cm³/mol. The van der Waals surface area contributed by atoms with E-state index in [0.717, 1.165) is 31.5 Å². The Morgan fingerprint density at radius 3 is 2.38 bits per heavy atom. The lowest BCUT2D eigenvalue weighted by Crippen LogP contribution is -2.49. The van der Waals surface area contributed by atoms with Gasteiger partial charge in [-0.3, -0.25) is 4.39 Å². The van der Waals surface area contributed by atoms with E-state index in [1.807, 2.05) is 13.8 Å². The smallest absolute Gasteiger partial charge is 0.309 e. The van der Waals surface area contributed by atoms with Crippen LogP contribution < -0.4 is 5.46 Å². The monoisotopic (exact) mass is 335 g/mol. The number of likely N-dealkylation sites (tertiary alicyclic amines) is 1. The van der Waals surface area contributed by atoms with Gasteiger partial charge in [0.2, 0.25) is 0 Å². The van der Waals surface area contributed by atoms with Crippen LogP contribution in [0.2, 0.25) is 0 Å². The molecule has 2 rings (SSSR count). The Balaban J connectivity index is 1.76. The molecule has 0 aromatic heterocycles. The maximum absolute atomic E-state index is 12.1. The van der Waals surface area contributed by atoms with Crippen molar-refractivity contribution in [2.45, 2.75) is 51.7 Å². The number of aliphatic hydroxyl groups is 1. The molecule has 0 spiro atoms. The van der Waals surface area contributed by atoms with E-state index in [0.29, 0.717) is 19.8 Å². The summed E-state index contributed by atoms with van der Waals surface area (Å²) in [6, 6.07) is 8.55. The highest BCUT2D eigenvalue weighted by molar-refractivity contribution is 6.47. The third-order valence-electron chi connectivity index (χ3n) is 5.26. The Hall–Kier alpha value is -0.905. The summed E-state index contributed by atoms with van der Waals surface area (Å²) in [5.74, 6) is 0.695. The van der Waals surface area contributed by atoms with Crippen molar-refractivity contribution in [3.05, 3.63) is 29.8 Å². The number of halogens is 1. The molecule has 24 heavy (non-hydrogen) atoms. The van der Waals surface area contributed by atoms with Gasteiger partial charge in [0.25, 0.3) is 0 Å². The number of benzene rings is 1. The molecule has 1 saturated heterocycles. The largest absolute Gasteiger partial charge is 0.427 e. The Bertz CT molecular complexity index is 507. The maximum atomic E-state index is 12.1. The van der Waals surface area contributed by atoms with Crippen LogP contribution in [0.1, 0.15) is 39.7 Å². The maximum Gasteiger partial charge on any atom is 0.309 e. The van der Waals surface area contributed by atoms with Gasteiger partial charge in [0.15, 0.2) is 0 Å². The van der Waals surface area contributed by atoms with Crippen molar-refractivity contribution in [3.8, 4) is 0 Å². The predicted octanol–water partition coefficient (Wildman–Crippen LogP) is 2.06. The number of hydrogen-bond donors (Lipinski definition) is 1. The molecule has 5 heteroatoms. The molecule has 1 aliphatic heterocycles. The van der Waals surface area contributed by atoms with Gasteiger partial charge in [-0.25, -0.2) is 0 Å². The molecule has 1 aromatic carbocycles. The fraction of sp³-hybridized carbons (Fsp3) is 0.684. The Morgan fingerprint density at radius 2 is 1.83 bits per heavy atom. The standard InChI is InChI=1S/C19H31BFNO2/c1-18(2,23)19(3,4)24-20-17-8-6-15(7-9-17)12-16-13-22(14-16)11-5-10-21/h6-9,16,20,23H,5,10-14H2,1-4H3. The highest BCUT2D eigenvalue weighted by Crippen LogP contribution is 2.24. The zero-order valence-corrected chi connectivity index (χ0v) is 15.5. The Kier molecular flexibility index (Phi) is 6.46. The Labute approximate surface area is 146 Å². The minimum atomic E-state index is -0.884. The molecular weight excluding hydrogens is 304 g/mol. The average Bonchev–Trinajstić information content (AvgIpc) is 2.47.